The van der Waals surface area contributed by atoms with Crippen LogP contribution in [0.5, 0.6) is 0 Å². The molecule has 0 amide bonds. The molecule has 0 saturated carbocycles. The van der Waals surface area contributed by atoms with E-state index in [1.54, 1.807) is 24.5 Å². The molecule has 0 unspecified atom stereocenters. The van der Waals surface area contributed by atoms with Crippen molar-refractivity contribution >= 4 is 23.8 Å². The number of furan rings is 1. The van der Waals surface area contributed by atoms with Crippen LogP contribution < -0.4 is 5.73 Å². The fourth-order valence-corrected chi connectivity index (χ4v) is 2.06. The third-order valence-corrected chi connectivity index (χ3v) is 2.90. The minimum atomic E-state index is 0.180. The van der Waals surface area contributed by atoms with E-state index in [9.17, 15) is 0 Å². The summed E-state index contributed by atoms with van der Waals surface area (Å²) in [4.78, 5) is 8.32. The first kappa shape index (κ1) is 12.2. The van der Waals surface area contributed by atoms with Crippen LogP contribution in [0, 0.1) is 11.3 Å². The van der Waals surface area contributed by atoms with E-state index < -0.39 is 0 Å². The van der Waals surface area contributed by atoms with Gasteiger partial charge in [0.1, 0.15) is 10.7 Å². The second kappa shape index (κ2) is 5.38. The molecular weight excluding hydrogens is 248 g/mol. The van der Waals surface area contributed by atoms with E-state index in [0.29, 0.717) is 16.5 Å². The molecule has 90 valence electrons. The summed E-state index contributed by atoms with van der Waals surface area (Å²) in [5.41, 5.74) is 6.99. The molecule has 0 fully saturated rings. The Morgan fingerprint density at radius 3 is 2.94 bits per heavy atom. The normalized spacial score (nSPS) is 10.7. The standard InChI is InChI=1S/C12H10N4OS/c1-18-11-8(4-2-6-13)10(15-12(14)16-11)9-5-3-7-17-9/h2-5,7H,1H3,(H2,14,15,16). The van der Waals surface area contributed by atoms with E-state index in [2.05, 4.69) is 9.97 Å². The molecule has 2 rings (SSSR count). The van der Waals surface area contributed by atoms with Crippen molar-refractivity contribution in [3.63, 3.8) is 0 Å². The van der Waals surface area contributed by atoms with Gasteiger partial charge < -0.3 is 10.2 Å². The molecule has 2 aromatic rings. The zero-order valence-corrected chi connectivity index (χ0v) is 10.4. The summed E-state index contributed by atoms with van der Waals surface area (Å²) >= 11 is 1.44. The highest BCUT2D eigenvalue weighted by Crippen LogP contribution is 2.30. The van der Waals surface area contributed by atoms with E-state index >= 15 is 0 Å². The van der Waals surface area contributed by atoms with Gasteiger partial charge in [-0.2, -0.15) is 5.26 Å². The molecule has 0 aliphatic carbocycles. The minimum Gasteiger partial charge on any atom is -0.463 e. The van der Waals surface area contributed by atoms with Gasteiger partial charge in [-0.3, -0.25) is 0 Å². The average Bonchev–Trinajstić information content (AvgIpc) is 2.90. The zero-order valence-electron chi connectivity index (χ0n) is 9.62. The number of rotatable bonds is 3. The first-order valence-electron chi connectivity index (χ1n) is 5.07. The maximum Gasteiger partial charge on any atom is 0.221 e. The van der Waals surface area contributed by atoms with Gasteiger partial charge in [0.2, 0.25) is 5.95 Å². The summed E-state index contributed by atoms with van der Waals surface area (Å²) in [6.45, 7) is 0. The highest BCUT2D eigenvalue weighted by atomic mass is 32.2. The van der Waals surface area contributed by atoms with Gasteiger partial charge in [-0.1, -0.05) is 0 Å². The molecule has 18 heavy (non-hydrogen) atoms. The molecule has 0 atom stereocenters. The molecule has 2 N–H and O–H groups in total. The first-order valence-corrected chi connectivity index (χ1v) is 6.30. The molecule has 0 radical (unpaired) electrons. The van der Waals surface area contributed by atoms with Crippen LogP contribution in [0.25, 0.3) is 17.5 Å². The van der Waals surface area contributed by atoms with Crippen LogP contribution in [0.4, 0.5) is 5.95 Å². The third-order valence-electron chi connectivity index (χ3n) is 2.20. The summed E-state index contributed by atoms with van der Waals surface area (Å²) < 4.78 is 5.32. The van der Waals surface area contributed by atoms with Gasteiger partial charge in [0.15, 0.2) is 5.76 Å². The quantitative estimate of drug-likeness (QED) is 0.517. The Bertz CT molecular complexity index is 614. The Labute approximate surface area is 108 Å². The minimum absolute atomic E-state index is 0.180. The molecule has 0 bridgehead atoms. The Balaban J connectivity index is 2.66. The van der Waals surface area contributed by atoms with Crippen LogP contribution in [-0.4, -0.2) is 16.2 Å². The van der Waals surface area contributed by atoms with Crippen LogP contribution in [0.1, 0.15) is 5.56 Å². The van der Waals surface area contributed by atoms with Crippen molar-refractivity contribution in [1.29, 1.82) is 5.26 Å². The van der Waals surface area contributed by atoms with Gasteiger partial charge in [0.25, 0.3) is 0 Å². The fourth-order valence-electron chi connectivity index (χ4n) is 1.49. The highest BCUT2D eigenvalue weighted by molar-refractivity contribution is 7.98. The first-order chi connectivity index (χ1) is 8.76. The van der Waals surface area contributed by atoms with Crippen molar-refractivity contribution in [2.75, 3.05) is 12.0 Å². The van der Waals surface area contributed by atoms with Gasteiger partial charge >= 0.3 is 0 Å². The summed E-state index contributed by atoms with van der Waals surface area (Å²) in [5.74, 6) is 0.775. The molecule has 2 heterocycles. The lowest BCUT2D eigenvalue weighted by Gasteiger charge is -2.07. The topological polar surface area (TPSA) is 88.7 Å². The predicted octanol–water partition coefficient (Wildman–Crippen LogP) is 2.58. The Kier molecular flexibility index (Phi) is 3.65. The summed E-state index contributed by atoms with van der Waals surface area (Å²) in [6.07, 6.45) is 6.48. The summed E-state index contributed by atoms with van der Waals surface area (Å²) in [6, 6.07) is 5.50. The lowest BCUT2D eigenvalue weighted by molar-refractivity contribution is 0.579. The van der Waals surface area contributed by atoms with E-state index in [-0.39, 0.29) is 5.95 Å². The van der Waals surface area contributed by atoms with Crippen molar-refractivity contribution in [2.45, 2.75) is 5.03 Å². The number of anilines is 1. The number of hydrogen-bond donors (Lipinski definition) is 1. The largest absolute Gasteiger partial charge is 0.463 e. The molecule has 5 nitrogen and oxygen atoms in total. The third kappa shape index (κ3) is 2.36. The molecule has 0 aromatic carbocycles. The van der Waals surface area contributed by atoms with E-state index in [4.69, 9.17) is 15.4 Å². The predicted molar refractivity (Wildman–Crippen MR) is 70.6 cm³/mol. The van der Waals surface area contributed by atoms with Gasteiger partial charge in [0.05, 0.1) is 12.3 Å². The van der Waals surface area contributed by atoms with Crippen LogP contribution in [0.2, 0.25) is 0 Å². The lowest BCUT2D eigenvalue weighted by atomic mass is 10.2. The number of nitrogen functional groups attached to an aromatic ring is 1. The van der Waals surface area contributed by atoms with Crippen LogP contribution >= 0.6 is 11.8 Å². The highest BCUT2D eigenvalue weighted by Gasteiger charge is 2.14. The molecule has 0 aliphatic rings. The second-order valence-corrected chi connectivity index (χ2v) is 4.09. The van der Waals surface area contributed by atoms with Crippen molar-refractivity contribution in [3.8, 4) is 17.5 Å². The Hall–Kier alpha value is -2.26. The number of nitrogens with two attached hydrogens (primary N) is 1. The zero-order chi connectivity index (χ0) is 13.0. The summed E-state index contributed by atoms with van der Waals surface area (Å²) in [7, 11) is 0. The van der Waals surface area contributed by atoms with Crippen LogP contribution in [-0.2, 0) is 0 Å². The number of hydrogen-bond acceptors (Lipinski definition) is 6. The van der Waals surface area contributed by atoms with Crippen molar-refractivity contribution < 1.29 is 4.42 Å². The molecule has 0 saturated heterocycles. The van der Waals surface area contributed by atoms with E-state index in [0.717, 1.165) is 5.56 Å². The number of thioether (sulfide) groups is 1. The van der Waals surface area contributed by atoms with Crippen molar-refractivity contribution in [2.24, 2.45) is 0 Å². The average molecular weight is 258 g/mol. The summed E-state index contributed by atoms with van der Waals surface area (Å²) in [5, 5.41) is 9.34. The van der Waals surface area contributed by atoms with Crippen molar-refractivity contribution in [1.82, 2.24) is 9.97 Å². The molecule has 0 spiro atoms. The Morgan fingerprint density at radius 2 is 2.33 bits per heavy atom. The van der Waals surface area contributed by atoms with Crippen LogP contribution in [0.15, 0.2) is 33.9 Å². The number of aromatic nitrogens is 2. The monoisotopic (exact) mass is 258 g/mol. The molecule has 6 heteroatoms. The van der Waals surface area contributed by atoms with Gasteiger partial charge in [-0.05, 0) is 24.5 Å². The lowest BCUT2D eigenvalue weighted by Crippen LogP contribution is -2.01. The molecule has 0 aliphatic heterocycles. The van der Waals surface area contributed by atoms with Gasteiger partial charge in [0, 0.05) is 11.6 Å². The van der Waals surface area contributed by atoms with Crippen LogP contribution in [0.3, 0.4) is 0 Å². The van der Waals surface area contributed by atoms with Crippen molar-refractivity contribution in [3.05, 3.63) is 30.0 Å². The maximum absolute atomic E-state index is 8.63. The molecule has 2 aromatic heterocycles. The number of nitriles is 1. The second-order valence-electron chi connectivity index (χ2n) is 3.29. The van der Waals surface area contributed by atoms with Gasteiger partial charge in [-0.15, -0.1) is 11.8 Å². The SMILES string of the molecule is CSc1nc(N)nc(-c2ccco2)c1C=CC#N. The fraction of sp³-hybridized carbons (Fsp3) is 0.0833. The van der Waals surface area contributed by atoms with E-state index in [1.807, 2.05) is 12.3 Å². The maximum atomic E-state index is 8.63. The van der Waals surface area contributed by atoms with Gasteiger partial charge in [-0.25, -0.2) is 9.97 Å². The number of nitrogens with zero attached hydrogens (tertiary/aromatic N) is 3. The van der Waals surface area contributed by atoms with E-state index in [1.165, 1.54) is 17.8 Å². The molecular formula is C12H10N4OS. The smallest absolute Gasteiger partial charge is 0.221 e. The number of allylic oxidation sites excluding steroid dienone is 1. The Morgan fingerprint density at radius 1 is 1.50 bits per heavy atom.